The van der Waals surface area contributed by atoms with Gasteiger partial charge in [0.15, 0.2) is 11.5 Å². The highest BCUT2D eigenvalue weighted by molar-refractivity contribution is 6.38. The molecule has 1 unspecified atom stereocenters. The van der Waals surface area contributed by atoms with E-state index in [-0.39, 0.29) is 31.2 Å². The summed E-state index contributed by atoms with van der Waals surface area (Å²) in [6, 6.07) is 12.5. The summed E-state index contributed by atoms with van der Waals surface area (Å²) in [5, 5.41) is 10.2. The first-order valence-corrected chi connectivity index (χ1v) is 11.5. The minimum absolute atomic E-state index is 0.0225. The van der Waals surface area contributed by atoms with Gasteiger partial charge in [0, 0.05) is 24.6 Å². The molecule has 4 rings (SSSR count). The molecule has 0 saturated carbocycles. The SMILES string of the molecule is O=C(CNC(=O)c1ccc2c(c1)OCO2)NC(C[C@@H]1CCNC1=O)C(=O)C(=O)NCc1ccccc1. The maximum atomic E-state index is 12.9. The molecule has 0 aliphatic carbocycles. The largest absolute Gasteiger partial charge is 0.454 e. The summed E-state index contributed by atoms with van der Waals surface area (Å²) in [5.41, 5.74) is 1.07. The van der Waals surface area contributed by atoms with Gasteiger partial charge in [-0.1, -0.05) is 30.3 Å². The average molecular weight is 495 g/mol. The average Bonchev–Trinajstić information content (AvgIpc) is 3.53. The monoisotopic (exact) mass is 494 g/mol. The molecule has 0 spiro atoms. The molecule has 1 saturated heterocycles. The molecule has 0 aromatic heterocycles. The Morgan fingerprint density at radius 3 is 2.53 bits per heavy atom. The van der Waals surface area contributed by atoms with Gasteiger partial charge in [-0.2, -0.15) is 0 Å². The number of benzene rings is 2. The van der Waals surface area contributed by atoms with Crippen molar-refractivity contribution in [1.82, 2.24) is 21.3 Å². The van der Waals surface area contributed by atoms with Crippen molar-refractivity contribution in [2.24, 2.45) is 5.92 Å². The van der Waals surface area contributed by atoms with E-state index in [1.165, 1.54) is 12.1 Å². The van der Waals surface area contributed by atoms with E-state index in [0.717, 1.165) is 5.56 Å². The standard InChI is InChI=1S/C25H26N4O7/c30-21(13-28-24(33)16-6-7-19-20(11-16)36-14-35-19)29-18(10-17-8-9-26-23(17)32)22(31)25(34)27-12-15-4-2-1-3-5-15/h1-7,11,17-18H,8-10,12-14H2,(H,26,32)(H,27,34)(H,28,33)(H,29,30)/t17-,18?/m0/s1. The Kier molecular flexibility index (Phi) is 7.79. The maximum absolute atomic E-state index is 12.9. The van der Waals surface area contributed by atoms with Gasteiger partial charge < -0.3 is 30.7 Å². The molecule has 2 aromatic rings. The highest BCUT2D eigenvalue weighted by Gasteiger charge is 2.34. The van der Waals surface area contributed by atoms with Crippen molar-refractivity contribution in [2.45, 2.75) is 25.4 Å². The number of carbonyl (C=O) groups excluding carboxylic acids is 5. The van der Waals surface area contributed by atoms with Crippen LogP contribution >= 0.6 is 0 Å². The highest BCUT2D eigenvalue weighted by atomic mass is 16.7. The maximum Gasteiger partial charge on any atom is 0.289 e. The fourth-order valence-electron chi connectivity index (χ4n) is 3.96. The Bertz CT molecular complexity index is 1170. The molecular weight excluding hydrogens is 468 g/mol. The molecule has 188 valence electrons. The van der Waals surface area contributed by atoms with Crippen LogP contribution in [0.4, 0.5) is 0 Å². The second-order valence-corrected chi connectivity index (χ2v) is 8.42. The second kappa shape index (κ2) is 11.3. The predicted molar refractivity (Wildman–Crippen MR) is 126 cm³/mol. The fourth-order valence-corrected chi connectivity index (χ4v) is 3.96. The Labute approximate surface area is 206 Å². The summed E-state index contributed by atoms with van der Waals surface area (Å²) in [7, 11) is 0. The van der Waals surface area contributed by atoms with Crippen molar-refractivity contribution in [3.63, 3.8) is 0 Å². The molecule has 2 aromatic carbocycles. The molecule has 2 aliphatic rings. The molecule has 1 fully saturated rings. The molecule has 0 bridgehead atoms. The number of carbonyl (C=O) groups is 5. The quantitative estimate of drug-likeness (QED) is 0.341. The van der Waals surface area contributed by atoms with E-state index in [4.69, 9.17) is 9.47 Å². The van der Waals surface area contributed by atoms with E-state index in [0.29, 0.717) is 24.5 Å². The van der Waals surface area contributed by atoms with Crippen molar-refractivity contribution < 1.29 is 33.4 Å². The first kappa shape index (κ1) is 24.7. The lowest BCUT2D eigenvalue weighted by molar-refractivity contribution is -0.140. The summed E-state index contributed by atoms with van der Waals surface area (Å²) in [5.74, 6) is -2.72. The zero-order valence-corrected chi connectivity index (χ0v) is 19.4. The Morgan fingerprint density at radius 1 is 1.00 bits per heavy atom. The minimum atomic E-state index is -1.22. The summed E-state index contributed by atoms with van der Waals surface area (Å²) in [4.78, 5) is 62.5. The number of hydrogen-bond donors (Lipinski definition) is 4. The van der Waals surface area contributed by atoms with Gasteiger partial charge in [-0.25, -0.2) is 0 Å². The van der Waals surface area contributed by atoms with Crippen LogP contribution in [0.5, 0.6) is 11.5 Å². The van der Waals surface area contributed by atoms with Crippen LogP contribution < -0.4 is 30.7 Å². The molecule has 2 heterocycles. The smallest absolute Gasteiger partial charge is 0.289 e. The van der Waals surface area contributed by atoms with Gasteiger partial charge in [-0.15, -0.1) is 0 Å². The molecule has 0 radical (unpaired) electrons. The lowest BCUT2D eigenvalue weighted by Crippen LogP contribution is -2.50. The van der Waals surface area contributed by atoms with Crippen LogP contribution in [-0.4, -0.2) is 55.3 Å². The number of amides is 4. The van der Waals surface area contributed by atoms with Gasteiger partial charge in [-0.05, 0) is 36.6 Å². The molecule has 4 amide bonds. The lowest BCUT2D eigenvalue weighted by atomic mass is 9.95. The third-order valence-corrected chi connectivity index (χ3v) is 5.90. The minimum Gasteiger partial charge on any atom is -0.454 e. The third-order valence-electron chi connectivity index (χ3n) is 5.90. The Morgan fingerprint density at radius 2 is 1.78 bits per heavy atom. The van der Waals surface area contributed by atoms with Gasteiger partial charge in [0.25, 0.3) is 11.8 Å². The van der Waals surface area contributed by atoms with Crippen molar-refractivity contribution in [1.29, 1.82) is 0 Å². The second-order valence-electron chi connectivity index (χ2n) is 8.42. The van der Waals surface area contributed by atoms with E-state index in [9.17, 15) is 24.0 Å². The molecule has 2 aliphatic heterocycles. The summed E-state index contributed by atoms with van der Waals surface area (Å²) in [6.07, 6.45) is 0.468. The van der Waals surface area contributed by atoms with Gasteiger partial charge >= 0.3 is 0 Å². The van der Waals surface area contributed by atoms with Gasteiger partial charge in [0.1, 0.15) is 0 Å². The van der Waals surface area contributed by atoms with Crippen molar-refractivity contribution in [3.8, 4) is 11.5 Å². The van der Waals surface area contributed by atoms with Crippen LogP contribution in [0.2, 0.25) is 0 Å². The topological polar surface area (TPSA) is 152 Å². The van der Waals surface area contributed by atoms with Crippen LogP contribution in [0.3, 0.4) is 0 Å². The Balaban J connectivity index is 1.35. The van der Waals surface area contributed by atoms with E-state index in [2.05, 4.69) is 21.3 Å². The number of ether oxygens (including phenoxy) is 2. The van der Waals surface area contributed by atoms with E-state index in [1.807, 2.05) is 18.2 Å². The lowest BCUT2D eigenvalue weighted by Gasteiger charge is -2.20. The van der Waals surface area contributed by atoms with Crippen LogP contribution in [0, 0.1) is 5.92 Å². The molecule has 4 N–H and O–H groups in total. The van der Waals surface area contributed by atoms with Crippen LogP contribution in [0.25, 0.3) is 0 Å². The molecule has 11 heteroatoms. The zero-order chi connectivity index (χ0) is 25.5. The van der Waals surface area contributed by atoms with E-state index in [1.54, 1.807) is 18.2 Å². The number of Topliss-reactive ketones (excluding diaryl/α,β-unsaturated/α-hetero) is 1. The first-order valence-electron chi connectivity index (χ1n) is 11.5. The van der Waals surface area contributed by atoms with E-state index < -0.39 is 42.0 Å². The highest BCUT2D eigenvalue weighted by Crippen LogP contribution is 2.32. The third kappa shape index (κ3) is 6.17. The molecule has 2 atom stereocenters. The number of ketones is 1. The molecular formula is C25H26N4O7. The van der Waals surface area contributed by atoms with Crippen LogP contribution in [-0.2, 0) is 25.7 Å². The van der Waals surface area contributed by atoms with Gasteiger partial charge in [0.2, 0.25) is 24.4 Å². The van der Waals surface area contributed by atoms with Crippen molar-refractivity contribution in [3.05, 3.63) is 59.7 Å². The summed E-state index contributed by atoms with van der Waals surface area (Å²) < 4.78 is 10.5. The number of hydrogen-bond acceptors (Lipinski definition) is 7. The van der Waals surface area contributed by atoms with Crippen molar-refractivity contribution in [2.75, 3.05) is 19.9 Å². The Hall–Kier alpha value is -4.41. The zero-order valence-electron chi connectivity index (χ0n) is 19.4. The van der Waals surface area contributed by atoms with E-state index >= 15 is 0 Å². The number of nitrogens with one attached hydrogen (secondary N) is 4. The molecule has 36 heavy (non-hydrogen) atoms. The number of rotatable bonds is 10. The molecule has 11 nitrogen and oxygen atoms in total. The van der Waals surface area contributed by atoms with Crippen LogP contribution in [0.15, 0.2) is 48.5 Å². The van der Waals surface area contributed by atoms with Gasteiger partial charge in [-0.3, -0.25) is 24.0 Å². The van der Waals surface area contributed by atoms with Crippen LogP contribution in [0.1, 0.15) is 28.8 Å². The summed E-state index contributed by atoms with van der Waals surface area (Å²) >= 11 is 0. The normalized spacial score (nSPS) is 16.6. The fraction of sp³-hybridized carbons (Fsp3) is 0.320. The van der Waals surface area contributed by atoms with Gasteiger partial charge in [0.05, 0.1) is 12.6 Å². The number of fused-ring (bicyclic) bond motifs is 1. The van der Waals surface area contributed by atoms with Crippen molar-refractivity contribution >= 4 is 29.4 Å². The summed E-state index contributed by atoms with van der Waals surface area (Å²) in [6.45, 7) is 0.238. The first-order chi connectivity index (χ1) is 17.4. The predicted octanol–water partition coefficient (Wildman–Crippen LogP) is 0.0416.